The topological polar surface area (TPSA) is 68.0 Å². The first-order valence-electron chi connectivity index (χ1n) is 7.19. The normalized spacial score (nSPS) is 17.9. The van der Waals surface area contributed by atoms with E-state index in [-0.39, 0.29) is 0 Å². The zero-order valence-corrected chi connectivity index (χ0v) is 12.2. The molecule has 0 saturated heterocycles. The molecule has 2 aliphatic carbocycles. The fourth-order valence-corrected chi connectivity index (χ4v) is 3.52. The van der Waals surface area contributed by atoms with Crippen molar-refractivity contribution in [3.63, 3.8) is 0 Å². The van der Waals surface area contributed by atoms with Crippen LogP contribution in [0.4, 0.5) is 0 Å². The first kappa shape index (κ1) is 12.9. The van der Waals surface area contributed by atoms with Gasteiger partial charge in [-0.1, -0.05) is 12.1 Å². The summed E-state index contributed by atoms with van der Waals surface area (Å²) in [6.45, 7) is 0. The van der Waals surface area contributed by atoms with E-state index in [9.17, 15) is 9.90 Å². The fourth-order valence-electron chi connectivity index (χ4n) is 2.48. The molecular weight excluding hydrogens is 286 g/mol. The summed E-state index contributed by atoms with van der Waals surface area (Å²) in [4.78, 5) is 12.0. The average molecular weight is 301 g/mol. The van der Waals surface area contributed by atoms with Gasteiger partial charge in [-0.05, 0) is 49.6 Å². The summed E-state index contributed by atoms with van der Waals surface area (Å²) in [5.74, 6) is 0.743. The third kappa shape index (κ3) is 2.44. The van der Waals surface area contributed by atoms with Gasteiger partial charge in [-0.25, -0.2) is 4.79 Å². The minimum atomic E-state index is -0.905. The van der Waals surface area contributed by atoms with E-state index in [2.05, 4.69) is 14.8 Å². The Balaban J connectivity index is 1.70. The van der Waals surface area contributed by atoms with Gasteiger partial charge in [0.2, 0.25) is 0 Å². The van der Waals surface area contributed by atoms with E-state index in [1.54, 1.807) is 12.1 Å². The zero-order valence-electron chi connectivity index (χ0n) is 11.4. The van der Waals surface area contributed by atoms with Gasteiger partial charge in [-0.2, -0.15) is 0 Å². The molecule has 2 saturated carbocycles. The summed E-state index contributed by atoms with van der Waals surface area (Å²) in [5, 5.41) is 18.8. The van der Waals surface area contributed by atoms with Crippen LogP contribution in [0.5, 0.6) is 0 Å². The molecule has 1 aromatic heterocycles. The molecule has 2 aliphatic rings. The lowest BCUT2D eigenvalue weighted by atomic mass is 10.2. The van der Waals surface area contributed by atoms with E-state index in [0.29, 0.717) is 17.5 Å². The molecule has 0 amide bonds. The number of aromatic carboxylic acids is 1. The van der Waals surface area contributed by atoms with Gasteiger partial charge in [-0.3, -0.25) is 0 Å². The van der Waals surface area contributed by atoms with Gasteiger partial charge in [0.1, 0.15) is 5.82 Å². The summed E-state index contributed by atoms with van der Waals surface area (Å²) in [6, 6.07) is 7.57. The number of hydrogen-bond acceptors (Lipinski definition) is 4. The third-order valence-corrected chi connectivity index (χ3v) is 4.90. The average Bonchev–Trinajstić information content (AvgIpc) is 3.39. The molecule has 0 unspecified atom stereocenters. The molecule has 0 aliphatic heterocycles. The molecule has 0 spiro atoms. The van der Waals surface area contributed by atoms with Crippen LogP contribution >= 0.6 is 11.8 Å². The van der Waals surface area contributed by atoms with Crippen LogP contribution in [-0.4, -0.2) is 25.8 Å². The van der Waals surface area contributed by atoms with E-state index in [1.807, 2.05) is 12.1 Å². The van der Waals surface area contributed by atoms with Crippen LogP contribution in [0.1, 0.15) is 53.8 Å². The van der Waals surface area contributed by atoms with Crippen LogP contribution < -0.4 is 0 Å². The van der Waals surface area contributed by atoms with Crippen molar-refractivity contribution in [2.45, 2.75) is 47.7 Å². The van der Waals surface area contributed by atoms with E-state index < -0.39 is 5.97 Å². The van der Waals surface area contributed by atoms with Crippen molar-refractivity contribution in [2.75, 3.05) is 0 Å². The highest BCUT2D eigenvalue weighted by Crippen LogP contribution is 2.46. The number of benzene rings is 1. The molecule has 1 heterocycles. The van der Waals surface area contributed by atoms with Crippen molar-refractivity contribution < 1.29 is 9.90 Å². The van der Waals surface area contributed by atoms with Gasteiger partial charge < -0.3 is 9.67 Å². The van der Waals surface area contributed by atoms with Crippen molar-refractivity contribution in [2.24, 2.45) is 0 Å². The number of nitrogens with zero attached hydrogens (tertiary/aromatic N) is 3. The Morgan fingerprint density at radius 2 is 1.95 bits per heavy atom. The number of carboxylic acid groups (broad SMARTS) is 1. The number of carbonyl (C=O) groups is 1. The third-order valence-electron chi connectivity index (χ3n) is 3.86. The SMILES string of the molecule is O=C(O)c1ccccc1Sc1nnc(C2CC2)n1C1CC1. The van der Waals surface area contributed by atoms with Crippen LogP contribution in [0.15, 0.2) is 34.3 Å². The Hall–Kier alpha value is -1.82. The number of hydrogen-bond donors (Lipinski definition) is 1. The predicted octanol–water partition coefficient (Wildman–Crippen LogP) is 3.34. The lowest BCUT2D eigenvalue weighted by molar-refractivity contribution is 0.0693. The van der Waals surface area contributed by atoms with Gasteiger partial charge in [0.25, 0.3) is 0 Å². The predicted molar refractivity (Wildman–Crippen MR) is 77.8 cm³/mol. The second-order valence-electron chi connectivity index (χ2n) is 5.62. The van der Waals surface area contributed by atoms with Crippen LogP contribution in [0.25, 0.3) is 0 Å². The van der Waals surface area contributed by atoms with Crippen LogP contribution in [0, 0.1) is 0 Å². The Bertz CT molecular complexity index is 705. The largest absolute Gasteiger partial charge is 0.478 e. The van der Waals surface area contributed by atoms with Gasteiger partial charge >= 0.3 is 5.97 Å². The van der Waals surface area contributed by atoms with Crippen LogP contribution in [0.3, 0.4) is 0 Å². The summed E-state index contributed by atoms with van der Waals surface area (Å²) < 4.78 is 2.24. The van der Waals surface area contributed by atoms with Gasteiger partial charge in [0, 0.05) is 16.9 Å². The summed E-state index contributed by atoms with van der Waals surface area (Å²) in [7, 11) is 0. The summed E-state index contributed by atoms with van der Waals surface area (Å²) >= 11 is 1.41. The Kier molecular flexibility index (Phi) is 2.99. The first-order valence-corrected chi connectivity index (χ1v) is 8.00. The summed E-state index contributed by atoms with van der Waals surface area (Å²) in [5.41, 5.74) is 0.320. The van der Waals surface area contributed by atoms with Crippen LogP contribution in [-0.2, 0) is 0 Å². The smallest absolute Gasteiger partial charge is 0.336 e. The van der Waals surface area contributed by atoms with Crippen LogP contribution in [0.2, 0.25) is 0 Å². The lowest BCUT2D eigenvalue weighted by Gasteiger charge is -2.09. The Morgan fingerprint density at radius 1 is 1.19 bits per heavy atom. The zero-order chi connectivity index (χ0) is 14.4. The molecule has 5 nitrogen and oxygen atoms in total. The Labute approximate surface area is 126 Å². The van der Waals surface area contributed by atoms with E-state index in [1.165, 1.54) is 37.4 Å². The number of rotatable bonds is 5. The van der Waals surface area contributed by atoms with Crippen molar-refractivity contribution in [1.29, 1.82) is 0 Å². The molecule has 4 rings (SSSR count). The molecule has 1 aromatic carbocycles. The van der Waals surface area contributed by atoms with Crippen molar-refractivity contribution in [1.82, 2.24) is 14.8 Å². The fraction of sp³-hybridized carbons (Fsp3) is 0.400. The van der Waals surface area contributed by atoms with Gasteiger partial charge in [-0.15, -0.1) is 10.2 Å². The molecular formula is C15H15N3O2S. The van der Waals surface area contributed by atoms with Gasteiger partial charge in [0.15, 0.2) is 5.16 Å². The summed E-state index contributed by atoms with van der Waals surface area (Å²) in [6.07, 6.45) is 4.74. The molecule has 0 bridgehead atoms. The standard InChI is InChI=1S/C15H15N3O2S/c19-14(20)11-3-1-2-4-12(11)21-15-17-16-13(9-5-6-9)18(15)10-7-8-10/h1-4,9-10H,5-8H2,(H,19,20). The van der Waals surface area contributed by atoms with E-state index in [0.717, 1.165) is 15.9 Å². The number of carboxylic acids is 1. The molecule has 0 atom stereocenters. The van der Waals surface area contributed by atoms with Gasteiger partial charge in [0.05, 0.1) is 5.56 Å². The molecule has 1 N–H and O–H groups in total. The van der Waals surface area contributed by atoms with Crippen molar-refractivity contribution >= 4 is 17.7 Å². The highest BCUT2D eigenvalue weighted by molar-refractivity contribution is 7.99. The first-order chi connectivity index (χ1) is 10.2. The molecule has 108 valence electrons. The lowest BCUT2D eigenvalue weighted by Crippen LogP contribution is -2.03. The maximum absolute atomic E-state index is 11.3. The quantitative estimate of drug-likeness (QED) is 0.917. The molecule has 21 heavy (non-hydrogen) atoms. The molecule has 6 heteroatoms. The molecule has 0 radical (unpaired) electrons. The van der Waals surface area contributed by atoms with Crippen molar-refractivity contribution in [3.8, 4) is 0 Å². The minimum Gasteiger partial charge on any atom is -0.478 e. The second-order valence-corrected chi connectivity index (χ2v) is 6.63. The van der Waals surface area contributed by atoms with Crippen molar-refractivity contribution in [3.05, 3.63) is 35.7 Å². The monoisotopic (exact) mass is 301 g/mol. The van der Waals surface area contributed by atoms with E-state index >= 15 is 0 Å². The highest BCUT2D eigenvalue weighted by atomic mass is 32.2. The second kappa shape index (κ2) is 4.87. The minimum absolute atomic E-state index is 0.320. The maximum Gasteiger partial charge on any atom is 0.336 e. The maximum atomic E-state index is 11.3. The Morgan fingerprint density at radius 3 is 2.62 bits per heavy atom. The van der Waals surface area contributed by atoms with E-state index in [4.69, 9.17) is 0 Å². The highest BCUT2D eigenvalue weighted by Gasteiger charge is 2.36. The molecule has 2 fully saturated rings. The molecule has 2 aromatic rings. The number of aromatic nitrogens is 3.